The quantitative estimate of drug-likeness (QED) is 0.171. The highest BCUT2D eigenvalue weighted by atomic mass is 32.3. The molecular formula is C34H34F6O5S2. The topological polar surface area (TPSA) is 61.8 Å². The molecule has 0 unspecified atom stereocenters. The van der Waals surface area contributed by atoms with Gasteiger partial charge in [0.2, 0.25) is 0 Å². The van der Waals surface area contributed by atoms with Crippen LogP contribution in [-0.4, -0.2) is 19.6 Å². The second-order valence-electron chi connectivity index (χ2n) is 12.4. The Morgan fingerprint density at radius 3 is 1.49 bits per heavy atom. The second kappa shape index (κ2) is 12.7. The summed E-state index contributed by atoms with van der Waals surface area (Å²) in [5.41, 5.74) is -5.17. The van der Waals surface area contributed by atoms with E-state index in [1.165, 1.54) is 6.07 Å². The standard InChI is InChI=1S/C34H34F6O5S2/c1-31(2,3)43-24-18-20-30(28(22-24)44-32(4,5)6)46(25-13-9-7-10-14-25,26-15-11-8-12-16-26)45-47(41,42)29-19-17-23(33(35,36)37)21-27(29)34(38,39)40/h7-22H,1-6H3. The number of benzene rings is 4. The van der Waals surface area contributed by atoms with Crippen LogP contribution in [0.1, 0.15) is 52.7 Å². The van der Waals surface area contributed by atoms with Crippen LogP contribution in [0.3, 0.4) is 0 Å². The molecule has 0 aliphatic carbocycles. The highest BCUT2D eigenvalue weighted by Gasteiger charge is 2.46. The van der Waals surface area contributed by atoms with Gasteiger partial charge in [0.05, 0.1) is 16.0 Å². The van der Waals surface area contributed by atoms with Crippen molar-refractivity contribution in [2.75, 3.05) is 0 Å². The van der Waals surface area contributed by atoms with E-state index in [9.17, 15) is 34.8 Å². The van der Waals surface area contributed by atoms with Crippen molar-refractivity contribution in [1.29, 1.82) is 0 Å². The molecule has 0 aromatic heterocycles. The maximum absolute atomic E-state index is 14.3. The zero-order chi connectivity index (χ0) is 35.1. The van der Waals surface area contributed by atoms with Gasteiger partial charge in [-0.15, -0.1) is 0 Å². The molecule has 0 atom stereocenters. The predicted molar refractivity (Wildman–Crippen MR) is 167 cm³/mol. The summed E-state index contributed by atoms with van der Waals surface area (Å²) in [4.78, 5) is -0.778. The molecule has 254 valence electrons. The largest absolute Gasteiger partial charge is 0.488 e. The molecule has 4 aromatic carbocycles. The first-order valence-corrected chi connectivity index (χ1v) is 17.2. The normalized spacial score (nSPS) is 13.7. The fourth-order valence-electron chi connectivity index (χ4n) is 4.60. The minimum Gasteiger partial charge on any atom is -0.488 e. The van der Waals surface area contributed by atoms with Gasteiger partial charge < -0.3 is 9.47 Å². The van der Waals surface area contributed by atoms with Crippen LogP contribution in [0.4, 0.5) is 26.3 Å². The molecule has 4 rings (SSSR count). The van der Waals surface area contributed by atoms with Crippen LogP contribution < -0.4 is 9.47 Å². The van der Waals surface area contributed by atoms with Crippen LogP contribution in [0.2, 0.25) is 0 Å². The molecule has 0 aliphatic heterocycles. The maximum atomic E-state index is 14.3. The number of alkyl halides is 6. The summed E-state index contributed by atoms with van der Waals surface area (Å²) in [5.74, 6) is 0.487. The van der Waals surface area contributed by atoms with Gasteiger partial charge in [0.25, 0.3) is 0 Å². The Balaban J connectivity index is 2.11. The van der Waals surface area contributed by atoms with Gasteiger partial charge in [0, 0.05) is 15.9 Å². The lowest BCUT2D eigenvalue weighted by molar-refractivity contribution is -0.144. The Morgan fingerprint density at radius 1 is 0.553 bits per heavy atom. The predicted octanol–water partition coefficient (Wildman–Crippen LogP) is 10.7. The molecule has 13 heteroatoms. The molecule has 0 saturated heterocycles. The van der Waals surface area contributed by atoms with Crippen molar-refractivity contribution < 1.29 is 47.9 Å². The average Bonchev–Trinajstić information content (AvgIpc) is 2.94. The van der Waals surface area contributed by atoms with E-state index in [1.54, 1.807) is 93.6 Å². The number of hydrogen-bond acceptors (Lipinski definition) is 5. The smallest absolute Gasteiger partial charge is 0.417 e. The molecule has 4 aromatic rings. The number of ether oxygens (including phenoxy) is 2. The lowest BCUT2D eigenvalue weighted by Crippen LogP contribution is -2.26. The lowest BCUT2D eigenvalue weighted by atomic mass is 10.1. The highest BCUT2D eigenvalue weighted by Crippen LogP contribution is 2.72. The Labute approximate surface area is 272 Å². The van der Waals surface area contributed by atoms with Gasteiger partial charge in [-0.2, -0.15) is 34.8 Å². The van der Waals surface area contributed by atoms with Crippen LogP contribution in [0, 0.1) is 0 Å². The minimum atomic E-state index is -5.48. The summed E-state index contributed by atoms with van der Waals surface area (Å²) in [5, 5.41) is 0. The summed E-state index contributed by atoms with van der Waals surface area (Å²) >= 11 is 0. The van der Waals surface area contributed by atoms with Crippen LogP contribution >= 0.6 is 10.3 Å². The van der Waals surface area contributed by atoms with Crippen molar-refractivity contribution in [2.45, 2.75) is 84.7 Å². The summed E-state index contributed by atoms with van der Waals surface area (Å²) in [6.45, 7) is 10.7. The second-order valence-corrected chi connectivity index (χ2v) is 16.8. The molecule has 0 aliphatic rings. The Hall–Kier alpha value is -3.68. The zero-order valence-corrected chi connectivity index (χ0v) is 28.0. The van der Waals surface area contributed by atoms with Gasteiger partial charge in [0.15, 0.2) is 0 Å². The van der Waals surface area contributed by atoms with Crippen molar-refractivity contribution >= 4 is 20.4 Å². The van der Waals surface area contributed by atoms with Gasteiger partial charge in [-0.25, -0.2) is 3.63 Å². The lowest BCUT2D eigenvalue weighted by Gasteiger charge is -2.41. The van der Waals surface area contributed by atoms with E-state index in [0.717, 1.165) is 0 Å². The van der Waals surface area contributed by atoms with E-state index in [2.05, 4.69) is 0 Å². The number of halogens is 6. The van der Waals surface area contributed by atoms with Gasteiger partial charge in [-0.05, 0) is 106 Å². The molecule has 0 spiro atoms. The first kappa shape index (κ1) is 36.2. The fraction of sp³-hybridized carbons (Fsp3) is 0.294. The molecule has 0 bridgehead atoms. The van der Waals surface area contributed by atoms with E-state index < -0.39 is 60.0 Å². The van der Waals surface area contributed by atoms with Gasteiger partial charge in [-0.1, -0.05) is 36.4 Å². The SMILES string of the molecule is CC(C)(C)Oc1ccc(S(OS(=O)(=O)c2ccc(C(F)(F)F)cc2C(F)(F)F)(c2ccccc2)c2ccccc2)c(OC(C)(C)C)c1. The summed E-state index contributed by atoms with van der Waals surface area (Å²) in [7, 11) is -9.04. The van der Waals surface area contributed by atoms with Crippen molar-refractivity contribution in [3.8, 4) is 11.5 Å². The Kier molecular flexibility index (Phi) is 9.80. The fourth-order valence-corrected chi connectivity index (χ4v) is 10.1. The summed E-state index contributed by atoms with van der Waals surface area (Å²) in [6, 6.07) is 21.0. The van der Waals surface area contributed by atoms with E-state index in [4.69, 9.17) is 13.1 Å². The Bertz CT molecular complexity index is 1770. The molecule has 0 radical (unpaired) electrons. The number of rotatable bonds is 8. The molecular weight excluding hydrogens is 666 g/mol. The third-order valence-electron chi connectivity index (χ3n) is 6.29. The maximum Gasteiger partial charge on any atom is 0.417 e. The van der Waals surface area contributed by atoms with Crippen LogP contribution in [0.5, 0.6) is 11.5 Å². The Morgan fingerprint density at radius 2 is 1.04 bits per heavy atom. The molecule has 5 nitrogen and oxygen atoms in total. The minimum absolute atomic E-state index is 0.126. The molecule has 0 saturated carbocycles. The van der Waals surface area contributed by atoms with Crippen molar-refractivity contribution in [3.05, 3.63) is 108 Å². The van der Waals surface area contributed by atoms with E-state index >= 15 is 0 Å². The third kappa shape index (κ3) is 8.43. The molecule has 0 N–H and O–H groups in total. The highest BCUT2D eigenvalue weighted by molar-refractivity contribution is 8.33. The monoisotopic (exact) mass is 700 g/mol. The van der Waals surface area contributed by atoms with Crippen molar-refractivity contribution in [2.24, 2.45) is 0 Å². The van der Waals surface area contributed by atoms with E-state index in [0.29, 0.717) is 5.75 Å². The third-order valence-corrected chi connectivity index (χ3v) is 11.5. The first-order valence-electron chi connectivity index (χ1n) is 14.2. The average molecular weight is 701 g/mol. The summed E-state index contributed by atoms with van der Waals surface area (Å²) in [6.07, 6.45) is -10.6. The van der Waals surface area contributed by atoms with Crippen molar-refractivity contribution in [1.82, 2.24) is 0 Å². The van der Waals surface area contributed by atoms with Crippen LogP contribution in [0.15, 0.2) is 117 Å². The van der Waals surface area contributed by atoms with E-state index in [-0.39, 0.29) is 38.6 Å². The van der Waals surface area contributed by atoms with Gasteiger partial charge in [-0.3, -0.25) is 0 Å². The van der Waals surface area contributed by atoms with E-state index in [1.807, 2.05) is 20.8 Å². The molecule has 0 amide bonds. The first-order chi connectivity index (χ1) is 21.5. The zero-order valence-electron chi connectivity index (χ0n) is 26.4. The van der Waals surface area contributed by atoms with Gasteiger partial charge >= 0.3 is 22.5 Å². The molecule has 0 fully saturated rings. The van der Waals surface area contributed by atoms with Gasteiger partial charge in [0.1, 0.15) is 27.6 Å². The van der Waals surface area contributed by atoms with Crippen LogP contribution in [0.25, 0.3) is 0 Å². The van der Waals surface area contributed by atoms with Crippen LogP contribution in [-0.2, 0) is 26.1 Å². The van der Waals surface area contributed by atoms with Crippen molar-refractivity contribution in [3.63, 3.8) is 0 Å². The molecule has 0 heterocycles. The summed E-state index contributed by atoms with van der Waals surface area (Å²) < 4.78 is 130. The molecule has 47 heavy (non-hydrogen) atoms. The number of hydrogen-bond donors (Lipinski definition) is 0.